The molecule has 0 unspecified atom stereocenters. The van der Waals surface area contributed by atoms with Crippen molar-refractivity contribution in [2.75, 3.05) is 19.6 Å². The van der Waals surface area contributed by atoms with Crippen LogP contribution >= 0.6 is 12.2 Å². The van der Waals surface area contributed by atoms with Crippen molar-refractivity contribution in [2.45, 2.75) is 33.1 Å². The zero-order valence-electron chi connectivity index (χ0n) is 10.5. The fourth-order valence-electron chi connectivity index (χ4n) is 1.96. The van der Waals surface area contributed by atoms with Gasteiger partial charge in [-0.3, -0.25) is 4.90 Å². The van der Waals surface area contributed by atoms with Crippen molar-refractivity contribution in [3.8, 4) is 0 Å². The molecule has 0 aromatic rings. The summed E-state index contributed by atoms with van der Waals surface area (Å²) in [6.07, 6.45) is 4.70. The molecule has 0 aromatic carbocycles. The number of hydrogen-bond acceptors (Lipinski definition) is 3. The Balaban J connectivity index is 2.66. The van der Waals surface area contributed by atoms with Gasteiger partial charge in [0.15, 0.2) is 0 Å². The molecule has 1 aliphatic heterocycles. The van der Waals surface area contributed by atoms with Crippen molar-refractivity contribution >= 4 is 23.3 Å². The summed E-state index contributed by atoms with van der Waals surface area (Å²) >= 11 is 5.19. The number of amides is 1. The van der Waals surface area contributed by atoms with Crippen molar-refractivity contribution in [3.05, 3.63) is 11.8 Å². The van der Waals surface area contributed by atoms with E-state index in [1.165, 1.54) is 24.2 Å². The van der Waals surface area contributed by atoms with E-state index in [0.29, 0.717) is 11.5 Å². The lowest BCUT2D eigenvalue weighted by Gasteiger charge is -2.27. The summed E-state index contributed by atoms with van der Waals surface area (Å²) < 4.78 is 0. The van der Waals surface area contributed by atoms with Crippen LogP contribution in [0.15, 0.2) is 11.8 Å². The third-order valence-corrected chi connectivity index (χ3v) is 3.44. The second-order valence-corrected chi connectivity index (χ2v) is 4.63. The first-order valence-corrected chi connectivity index (χ1v) is 6.44. The Morgan fingerprint density at radius 2 is 2.00 bits per heavy atom. The van der Waals surface area contributed by atoms with Gasteiger partial charge in [-0.2, -0.15) is 0 Å². The number of piperidine rings is 1. The van der Waals surface area contributed by atoms with E-state index in [1.54, 1.807) is 6.92 Å². The van der Waals surface area contributed by atoms with Crippen LogP contribution in [0.3, 0.4) is 0 Å². The summed E-state index contributed by atoms with van der Waals surface area (Å²) in [5, 5.41) is 9.00. The first kappa shape index (κ1) is 14.0. The highest BCUT2D eigenvalue weighted by atomic mass is 32.1. The number of thiocarbonyl (C=S) groups is 1. The van der Waals surface area contributed by atoms with Gasteiger partial charge in [0.2, 0.25) is 0 Å². The fraction of sp³-hybridized carbons (Fsp3) is 0.667. The van der Waals surface area contributed by atoms with Gasteiger partial charge in [-0.05, 0) is 38.7 Å². The van der Waals surface area contributed by atoms with Gasteiger partial charge in [-0.25, -0.2) is 4.79 Å². The molecule has 5 heteroatoms. The molecule has 0 bridgehead atoms. The van der Waals surface area contributed by atoms with Crippen molar-refractivity contribution < 1.29 is 9.90 Å². The number of carboxylic acid groups (broad SMARTS) is 1. The largest absolute Gasteiger partial charge is 0.465 e. The zero-order chi connectivity index (χ0) is 12.8. The number of rotatable bonds is 3. The first-order chi connectivity index (χ1) is 8.06. The third kappa shape index (κ3) is 4.00. The van der Waals surface area contributed by atoms with Crippen LogP contribution in [0, 0.1) is 0 Å². The maximum absolute atomic E-state index is 11.0. The molecule has 1 amide bonds. The molecule has 1 heterocycles. The summed E-state index contributed by atoms with van der Waals surface area (Å²) in [6, 6.07) is 0. The van der Waals surface area contributed by atoms with Crippen LogP contribution in [0.2, 0.25) is 0 Å². The minimum Gasteiger partial charge on any atom is -0.465 e. The molecule has 17 heavy (non-hydrogen) atoms. The van der Waals surface area contributed by atoms with Crippen LogP contribution in [0.25, 0.3) is 0 Å². The Kier molecular flexibility index (Phi) is 5.41. The molecule has 0 aliphatic carbocycles. The van der Waals surface area contributed by atoms with Gasteiger partial charge in [0.05, 0.1) is 0 Å². The highest BCUT2D eigenvalue weighted by molar-refractivity contribution is 7.80. The highest BCUT2D eigenvalue weighted by Crippen LogP contribution is 2.12. The Labute approximate surface area is 108 Å². The van der Waals surface area contributed by atoms with Crippen molar-refractivity contribution in [2.24, 2.45) is 0 Å². The quantitative estimate of drug-likeness (QED) is 0.623. The van der Waals surface area contributed by atoms with E-state index < -0.39 is 6.09 Å². The molecule has 0 radical (unpaired) electrons. The normalized spacial score (nSPS) is 16.8. The van der Waals surface area contributed by atoms with Crippen molar-refractivity contribution in [1.29, 1.82) is 0 Å². The van der Waals surface area contributed by atoms with Crippen LogP contribution in [-0.4, -0.2) is 45.6 Å². The van der Waals surface area contributed by atoms with E-state index in [1.807, 2.05) is 13.1 Å². The van der Waals surface area contributed by atoms with Crippen LogP contribution < -0.4 is 0 Å². The molecule has 1 N–H and O–H groups in total. The smallest absolute Gasteiger partial charge is 0.412 e. The minimum atomic E-state index is -0.983. The summed E-state index contributed by atoms with van der Waals surface area (Å²) in [6.45, 7) is 6.13. The number of nitrogens with zero attached hydrogens (tertiary/aromatic N) is 2. The Morgan fingerprint density at radius 3 is 2.47 bits per heavy atom. The first-order valence-electron chi connectivity index (χ1n) is 6.03. The molecule has 0 atom stereocenters. The number of hydrogen-bond donors (Lipinski definition) is 1. The lowest BCUT2D eigenvalue weighted by atomic mass is 10.1. The zero-order valence-corrected chi connectivity index (χ0v) is 11.3. The monoisotopic (exact) mass is 256 g/mol. The van der Waals surface area contributed by atoms with E-state index in [9.17, 15) is 4.79 Å². The second-order valence-electron chi connectivity index (χ2n) is 4.24. The highest BCUT2D eigenvalue weighted by Gasteiger charge is 2.17. The van der Waals surface area contributed by atoms with E-state index in [4.69, 9.17) is 17.3 Å². The van der Waals surface area contributed by atoms with Gasteiger partial charge in [-0.1, -0.05) is 12.2 Å². The molecule has 1 aliphatic rings. The minimum absolute atomic E-state index is 0.388. The molecule has 1 saturated heterocycles. The van der Waals surface area contributed by atoms with Gasteiger partial charge < -0.3 is 10.0 Å². The Bertz CT molecular complexity index is 322. The van der Waals surface area contributed by atoms with Gasteiger partial charge in [0.1, 0.15) is 4.99 Å². The molecule has 1 rings (SSSR count). The molecule has 4 nitrogen and oxygen atoms in total. The second kappa shape index (κ2) is 6.59. The van der Waals surface area contributed by atoms with Gasteiger partial charge in [0.25, 0.3) is 0 Å². The van der Waals surface area contributed by atoms with E-state index in [0.717, 1.165) is 18.7 Å². The van der Waals surface area contributed by atoms with E-state index in [2.05, 4.69) is 4.90 Å². The molecule has 0 saturated carbocycles. The molecular formula is C12H20N2O2S. The predicted octanol–water partition coefficient (Wildman–Crippen LogP) is 2.70. The van der Waals surface area contributed by atoms with Crippen molar-refractivity contribution in [1.82, 2.24) is 9.80 Å². The summed E-state index contributed by atoms with van der Waals surface area (Å²) in [7, 11) is 0. The van der Waals surface area contributed by atoms with Crippen molar-refractivity contribution in [3.63, 3.8) is 0 Å². The third-order valence-electron chi connectivity index (χ3n) is 2.90. The molecular weight excluding hydrogens is 236 g/mol. The Hall–Kier alpha value is -1.10. The number of likely N-dealkylation sites (tertiary alicyclic amines) is 1. The molecule has 0 aromatic heterocycles. The van der Waals surface area contributed by atoms with Crippen LogP contribution in [0.5, 0.6) is 0 Å². The van der Waals surface area contributed by atoms with Gasteiger partial charge >= 0.3 is 6.09 Å². The predicted molar refractivity (Wildman–Crippen MR) is 72.2 cm³/mol. The summed E-state index contributed by atoms with van der Waals surface area (Å²) in [5.74, 6) is 0. The van der Waals surface area contributed by atoms with Crippen LogP contribution in [0.1, 0.15) is 33.1 Å². The number of carbonyl (C=O) groups is 1. The number of likely N-dealkylation sites (N-methyl/N-ethyl adjacent to an activating group) is 1. The topological polar surface area (TPSA) is 43.8 Å². The standard InChI is InChI=1S/C12H20N2O2S/c1-3-14(12(15)16)11(17)10(2)9-13-7-5-4-6-8-13/h9H,3-8H2,1-2H3,(H,15,16)/b10-9+. The molecule has 96 valence electrons. The maximum atomic E-state index is 11.0. The maximum Gasteiger partial charge on any atom is 0.412 e. The average Bonchev–Trinajstić information content (AvgIpc) is 2.30. The van der Waals surface area contributed by atoms with Gasteiger partial charge in [0, 0.05) is 25.8 Å². The summed E-state index contributed by atoms with van der Waals surface area (Å²) in [5.41, 5.74) is 0.853. The van der Waals surface area contributed by atoms with Gasteiger partial charge in [-0.15, -0.1) is 0 Å². The van der Waals surface area contributed by atoms with Crippen LogP contribution in [-0.2, 0) is 0 Å². The SMILES string of the molecule is CCN(C(=O)O)C(=S)/C(C)=C/N1CCCCC1. The van der Waals surface area contributed by atoms with E-state index in [-0.39, 0.29) is 0 Å². The van der Waals surface area contributed by atoms with E-state index >= 15 is 0 Å². The average molecular weight is 256 g/mol. The lowest BCUT2D eigenvalue weighted by molar-refractivity contribution is 0.171. The fourth-order valence-corrected chi connectivity index (χ4v) is 2.22. The Morgan fingerprint density at radius 1 is 1.41 bits per heavy atom. The molecule has 0 spiro atoms. The van der Waals surface area contributed by atoms with Crippen LogP contribution in [0.4, 0.5) is 4.79 Å². The molecule has 1 fully saturated rings. The summed E-state index contributed by atoms with van der Waals surface area (Å²) in [4.78, 5) is 14.8. The lowest BCUT2D eigenvalue weighted by Crippen LogP contribution is -2.35.